The number of aromatic hydroxyl groups is 1. The number of phenolic OH excluding ortho intramolecular Hbond substituents is 1. The lowest BCUT2D eigenvalue weighted by Crippen LogP contribution is -2.29. The van der Waals surface area contributed by atoms with Crippen LogP contribution in [-0.4, -0.2) is 45.0 Å². The zero-order valence-electron chi connectivity index (χ0n) is 21.8. The van der Waals surface area contributed by atoms with Gasteiger partial charge in [-0.3, -0.25) is 14.6 Å². The monoisotopic (exact) mass is 516 g/mol. The number of Topliss-reactive ketones (excluding diaryl/α,β-unsaturated/α-hetero) is 1. The third-order valence-corrected chi connectivity index (χ3v) is 6.42. The minimum Gasteiger partial charge on any atom is -0.507 e. The number of benzene rings is 2. The van der Waals surface area contributed by atoms with Gasteiger partial charge in [-0.15, -0.1) is 0 Å². The van der Waals surface area contributed by atoms with Gasteiger partial charge in [-0.25, -0.2) is 0 Å². The van der Waals surface area contributed by atoms with Crippen molar-refractivity contribution in [2.45, 2.75) is 46.2 Å². The van der Waals surface area contributed by atoms with Crippen molar-refractivity contribution in [1.82, 2.24) is 9.88 Å². The molecular formula is C30H32N2O6. The first-order valence-electron chi connectivity index (χ1n) is 12.7. The summed E-state index contributed by atoms with van der Waals surface area (Å²) < 4.78 is 11.4. The number of nitrogens with zero attached hydrogens (tertiary/aromatic N) is 2. The maximum atomic E-state index is 13.4. The van der Waals surface area contributed by atoms with E-state index in [1.54, 1.807) is 55.7 Å². The van der Waals surface area contributed by atoms with E-state index in [9.17, 15) is 19.8 Å². The predicted octanol–water partition coefficient (Wildman–Crippen LogP) is 5.30. The number of carbonyl (C=O) groups excluding carboxylic acids is 2. The fraction of sp³-hybridized carbons (Fsp3) is 0.300. The Hall–Kier alpha value is -4.33. The van der Waals surface area contributed by atoms with Gasteiger partial charge >= 0.3 is 0 Å². The lowest BCUT2D eigenvalue weighted by atomic mass is 9.94. The number of likely N-dealkylation sites (tertiary alicyclic amines) is 1. The van der Waals surface area contributed by atoms with Crippen molar-refractivity contribution in [3.8, 4) is 17.2 Å². The Kier molecular flexibility index (Phi) is 8.31. The van der Waals surface area contributed by atoms with Crippen LogP contribution in [-0.2, 0) is 16.1 Å². The quantitative estimate of drug-likeness (QED) is 0.163. The van der Waals surface area contributed by atoms with Crippen LogP contribution in [0.2, 0.25) is 0 Å². The van der Waals surface area contributed by atoms with Crippen molar-refractivity contribution < 1.29 is 29.3 Å². The van der Waals surface area contributed by atoms with Crippen molar-refractivity contribution in [2.24, 2.45) is 0 Å². The smallest absolute Gasteiger partial charge is 0.295 e. The molecule has 2 aromatic carbocycles. The van der Waals surface area contributed by atoms with Crippen LogP contribution in [0.15, 0.2) is 66.5 Å². The van der Waals surface area contributed by atoms with E-state index in [0.717, 1.165) is 24.0 Å². The first kappa shape index (κ1) is 26.7. The molecule has 1 fully saturated rings. The zero-order chi connectivity index (χ0) is 27.2. The minimum atomic E-state index is -0.907. The summed E-state index contributed by atoms with van der Waals surface area (Å²) in [5, 5.41) is 21.7. The first-order chi connectivity index (χ1) is 18.3. The highest BCUT2D eigenvalue weighted by Gasteiger charge is 2.46. The summed E-state index contributed by atoms with van der Waals surface area (Å²) in [6.07, 6.45) is 5.19. The number of aromatic nitrogens is 1. The summed E-state index contributed by atoms with van der Waals surface area (Å²) in [4.78, 5) is 32.2. The third-order valence-electron chi connectivity index (χ3n) is 6.42. The van der Waals surface area contributed by atoms with E-state index in [1.165, 1.54) is 11.0 Å². The van der Waals surface area contributed by atoms with Crippen molar-refractivity contribution in [2.75, 3.05) is 13.2 Å². The number of aliphatic hydroxyl groups excluding tert-OH is 1. The van der Waals surface area contributed by atoms with Crippen molar-refractivity contribution in [3.05, 3.63) is 88.8 Å². The molecule has 8 heteroatoms. The average molecular weight is 517 g/mol. The molecule has 1 aliphatic rings. The Labute approximate surface area is 222 Å². The Balaban J connectivity index is 1.81. The molecule has 1 saturated heterocycles. The summed E-state index contributed by atoms with van der Waals surface area (Å²) in [5.74, 6) is -0.943. The van der Waals surface area contributed by atoms with Crippen LogP contribution in [0, 0.1) is 6.92 Å². The van der Waals surface area contributed by atoms with Crippen LogP contribution in [0.25, 0.3) is 5.76 Å². The number of amides is 1. The summed E-state index contributed by atoms with van der Waals surface area (Å²) >= 11 is 0. The van der Waals surface area contributed by atoms with E-state index in [2.05, 4.69) is 11.9 Å². The van der Waals surface area contributed by atoms with Gasteiger partial charge in [-0.1, -0.05) is 25.5 Å². The van der Waals surface area contributed by atoms with Gasteiger partial charge in [-0.2, -0.15) is 0 Å². The van der Waals surface area contributed by atoms with Crippen molar-refractivity contribution >= 4 is 17.4 Å². The SMILES string of the molecule is CCCCOc1ccc(/C(O)=C2\C(=O)C(=O)N(Cc3cccnc3)C2c2ccc(O)c(OCC)c2)cc1C. The number of hydrogen-bond donors (Lipinski definition) is 2. The Morgan fingerprint density at radius 1 is 1.05 bits per heavy atom. The minimum absolute atomic E-state index is 0.0360. The fourth-order valence-corrected chi connectivity index (χ4v) is 4.49. The molecule has 0 aliphatic carbocycles. The second-order valence-electron chi connectivity index (χ2n) is 9.13. The molecule has 38 heavy (non-hydrogen) atoms. The molecule has 1 unspecified atom stereocenters. The largest absolute Gasteiger partial charge is 0.507 e. The topological polar surface area (TPSA) is 109 Å². The predicted molar refractivity (Wildman–Crippen MR) is 143 cm³/mol. The van der Waals surface area contributed by atoms with Gasteiger partial charge in [0.05, 0.1) is 24.8 Å². The molecule has 2 heterocycles. The number of ether oxygens (including phenoxy) is 2. The molecule has 2 N–H and O–H groups in total. The molecule has 198 valence electrons. The molecule has 3 aromatic rings. The summed E-state index contributed by atoms with van der Waals surface area (Å²) in [6, 6.07) is 12.5. The highest BCUT2D eigenvalue weighted by atomic mass is 16.5. The number of phenols is 1. The fourth-order valence-electron chi connectivity index (χ4n) is 4.49. The molecule has 0 bridgehead atoms. The number of ketones is 1. The summed E-state index contributed by atoms with van der Waals surface area (Å²) in [7, 11) is 0. The van der Waals surface area contributed by atoms with E-state index in [4.69, 9.17) is 9.47 Å². The molecule has 8 nitrogen and oxygen atoms in total. The van der Waals surface area contributed by atoms with Crippen LogP contribution < -0.4 is 9.47 Å². The number of carbonyl (C=O) groups is 2. The molecule has 1 amide bonds. The molecular weight excluding hydrogens is 484 g/mol. The van der Waals surface area contributed by atoms with Gasteiger partial charge in [0.15, 0.2) is 11.5 Å². The van der Waals surface area contributed by atoms with Crippen LogP contribution >= 0.6 is 0 Å². The maximum absolute atomic E-state index is 13.4. The highest BCUT2D eigenvalue weighted by Crippen LogP contribution is 2.42. The maximum Gasteiger partial charge on any atom is 0.295 e. The van der Waals surface area contributed by atoms with Gasteiger partial charge in [0, 0.05) is 24.5 Å². The molecule has 0 saturated carbocycles. The van der Waals surface area contributed by atoms with Crippen molar-refractivity contribution in [1.29, 1.82) is 0 Å². The standard InChI is InChI=1S/C30H32N2O6/c1-4-6-14-38-24-12-10-22(15-19(24)3)28(34)26-27(21-9-11-23(33)25(16-21)37-5-2)32(30(36)29(26)35)18-20-8-7-13-31-17-20/h7-13,15-17,27,33-34H,4-6,14,18H2,1-3H3/b28-26+. The number of rotatable bonds is 10. The lowest BCUT2D eigenvalue weighted by molar-refractivity contribution is -0.140. The average Bonchev–Trinajstić information content (AvgIpc) is 3.16. The third kappa shape index (κ3) is 5.49. The molecule has 1 atom stereocenters. The number of aliphatic hydroxyl groups is 1. The second-order valence-corrected chi connectivity index (χ2v) is 9.13. The van der Waals surface area contributed by atoms with Crippen LogP contribution in [0.3, 0.4) is 0 Å². The van der Waals surface area contributed by atoms with E-state index in [0.29, 0.717) is 30.1 Å². The first-order valence-corrected chi connectivity index (χ1v) is 12.7. The van der Waals surface area contributed by atoms with E-state index in [1.807, 2.05) is 13.0 Å². The Morgan fingerprint density at radius 3 is 2.55 bits per heavy atom. The zero-order valence-corrected chi connectivity index (χ0v) is 21.8. The van der Waals surface area contributed by atoms with Crippen LogP contribution in [0.1, 0.15) is 55.0 Å². The van der Waals surface area contributed by atoms with Gasteiger partial charge in [0.1, 0.15) is 11.5 Å². The number of aryl methyl sites for hydroxylation is 1. The van der Waals surface area contributed by atoms with E-state index in [-0.39, 0.29) is 29.4 Å². The molecule has 0 spiro atoms. The van der Waals surface area contributed by atoms with Crippen LogP contribution in [0.4, 0.5) is 0 Å². The van der Waals surface area contributed by atoms with Crippen LogP contribution in [0.5, 0.6) is 17.2 Å². The second kappa shape index (κ2) is 11.8. The number of hydrogen-bond acceptors (Lipinski definition) is 7. The normalized spacial score (nSPS) is 16.6. The van der Waals surface area contributed by atoms with Gasteiger partial charge < -0.3 is 24.6 Å². The molecule has 0 radical (unpaired) electrons. The van der Waals surface area contributed by atoms with E-state index >= 15 is 0 Å². The number of pyridine rings is 1. The van der Waals surface area contributed by atoms with Gasteiger partial charge in [-0.05, 0) is 73.4 Å². The Morgan fingerprint density at radius 2 is 1.87 bits per heavy atom. The van der Waals surface area contributed by atoms with E-state index < -0.39 is 17.7 Å². The number of unbranched alkanes of at least 4 members (excludes halogenated alkanes) is 1. The summed E-state index contributed by atoms with van der Waals surface area (Å²) in [6.45, 7) is 6.75. The highest BCUT2D eigenvalue weighted by molar-refractivity contribution is 6.46. The van der Waals surface area contributed by atoms with Gasteiger partial charge in [0.25, 0.3) is 11.7 Å². The molecule has 1 aromatic heterocycles. The lowest BCUT2D eigenvalue weighted by Gasteiger charge is -2.26. The molecule has 4 rings (SSSR count). The summed E-state index contributed by atoms with van der Waals surface area (Å²) in [5.41, 5.74) is 2.42. The van der Waals surface area contributed by atoms with Crippen molar-refractivity contribution in [3.63, 3.8) is 0 Å². The molecule has 1 aliphatic heterocycles. The Bertz CT molecular complexity index is 1350. The van der Waals surface area contributed by atoms with Gasteiger partial charge in [0.2, 0.25) is 0 Å².